The minimum atomic E-state index is 0.892. The van der Waals surface area contributed by atoms with Crippen LogP contribution in [-0.2, 0) is 0 Å². The highest BCUT2D eigenvalue weighted by atomic mass is 16.3. The van der Waals surface area contributed by atoms with Crippen LogP contribution in [0, 0.1) is 0 Å². The summed E-state index contributed by atoms with van der Waals surface area (Å²) in [6.07, 6.45) is 0. The van der Waals surface area contributed by atoms with Gasteiger partial charge in [0.2, 0.25) is 0 Å². The molecule has 0 atom stereocenters. The summed E-state index contributed by atoms with van der Waals surface area (Å²) in [7, 11) is 0. The van der Waals surface area contributed by atoms with Crippen LogP contribution in [0.15, 0.2) is 229 Å². The predicted molar refractivity (Wildman–Crippen MR) is 250 cm³/mol. The monoisotopic (exact) mass is 767 g/mol. The van der Waals surface area contributed by atoms with Crippen molar-refractivity contribution < 1.29 is 4.42 Å². The first-order chi connectivity index (χ1) is 29.8. The Morgan fingerprint density at radius 1 is 0.317 bits per heavy atom. The summed E-state index contributed by atoms with van der Waals surface area (Å²) < 4.78 is 11.3. The summed E-state index contributed by atoms with van der Waals surface area (Å²) in [5.74, 6) is 0. The summed E-state index contributed by atoms with van der Waals surface area (Å²) in [5, 5.41) is 4.72. The molecular formula is C56H37N3O. The van der Waals surface area contributed by atoms with E-state index in [1.165, 1.54) is 32.9 Å². The molecule has 4 heteroatoms. The van der Waals surface area contributed by atoms with Crippen molar-refractivity contribution >= 4 is 71.8 Å². The van der Waals surface area contributed by atoms with E-state index in [1.54, 1.807) is 0 Å². The van der Waals surface area contributed by atoms with E-state index < -0.39 is 0 Å². The maximum Gasteiger partial charge on any atom is 0.161 e. The van der Waals surface area contributed by atoms with Crippen molar-refractivity contribution in [1.29, 1.82) is 0 Å². The Morgan fingerprint density at radius 3 is 1.40 bits per heavy atom. The Balaban J connectivity index is 0.956. The highest BCUT2D eigenvalue weighted by Gasteiger charge is 2.21. The zero-order valence-electron chi connectivity index (χ0n) is 32.6. The number of hydrogen-bond acceptors (Lipinski definition) is 2. The van der Waals surface area contributed by atoms with Crippen LogP contribution in [0.3, 0.4) is 0 Å². The molecule has 0 aliphatic carbocycles. The highest BCUT2D eigenvalue weighted by molar-refractivity contribution is 6.17. The predicted octanol–water partition coefficient (Wildman–Crippen LogP) is 15.4. The van der Waals surface area contributed by atoms with Crippen molar-refractivity contribution in [2.45, 2.75) is 0 Å². The maximum absolute atomic E-state index is 6.59. The Kier molecular flexibility index (Phi) is 7.82. The standard InChI is InChI=1S/C56H37N3O/c1-3-13-38(14-4-1)39-23-28-43(29-24-39)57(45-32-34-46(35-33-45)58-51-20-10-7-17-47(51)48-18-8-11-21-52(48)58)44-30-25-40(26-31-44)41-27-36-53-50(37-41)56-55(49-19-9-12-22-54(49)60-56)59(53)42-15-5-2-6-16-42/h1-37H. The lowest BCUT2D eigenvalue weighted by Gasteiger charge is -2.26. The number of nitrogens with zero attached hydrogens (tertiary/aromatic N) is 3. The number of benzene rings is 9. The van der Waals surface area contributed by atoms with Gasteiger partial charge >= 0.3 is 0 Å². The summed E-state index contributed by atoms with van der Waals surface area (Å²) in [6.45, 7) is 0. The van der Waals surface area contributed by atoms with Crippen LogP contribution in [0.1, 0.15) is 0 Å². The Labute approximate surface area is 347 Å². The summed E-state index contributed by atoms with van der Waals surface area (Å²) in [6, 6.07) is 80.3. The Bertz CT molecular complexity index is 3450. The molecule has 0 spiro atoms. The highest BCUT2D eigenvalue weighted by Crippen LogP contribution is 2.42. The lowest BCUT2D eigenvalue weighted by atomic mass is 10.0. The van der Waals surface area contributed by atoms with E-state index in [1.807, 2.05) is 6.07 Å². The normalized spacial score (nSPS) is 11.7. The lowest BCUT2D eigenvalue weighted by molar-refractivity contribution is 0.673. The zero-order valence-corrected chi connectivity index (χ0v) is 32.6. The minimum Gasteiger partial charge on any atom is -0.454 e. The van der Waals surface area contributed by atoms with Crippen molar-refractivity contribution in [3.8, 4) is 33.6 Å². The Hall–Kier alpha value is -8.08. The lowest BCUT2D eigenvalue weighted by Crippen LogP contribution is -2.10. The summed E-state index contributed by atoms with van der Waals surface area (Å²) >= 11 is 0. The smallest absolute Gasteiger partial charge is 0.161 e. The first kappa shape index (κ1) is 34.0. The first-order valence-electron chi connectivity index (χ1n) is 20.4. The van der Waals surface area contributed by atoms with Crippen molar-refractivity contribution in [2.75, 3.05) is 4.90 Å². The molecule has 60 heavy (non-hydrogen) atoms. The van der Waals surface area contributed by atoms with E-state index in [4.69, 9.17) is 4.42 Å². The average Bonchev–Trinajstić information content (AvgIpc) is 3.97. The second-order valence-corrected chi connectivity index (χ2v) is 15.4. The second kappa shape index (κ2) is 13.8. The van der Waals surface area contributed by atoms with Gasteiger partial charge in [-0.3, -0.25) is 0 Å². The van der Waals surface area contributed by atoms with Gasteiger partial charge in [-0.15, -0.1) is 0 Å². The van der Waals surface area contributed by atoms with Gasteiger partial charge in [0.05, 0.1) is 16.6 Å². The number of fused-ring (bicyclic) bond motifs is 8. The molecule has 0 fully saturated rings. The maximum atomic E-state index is 6.59. The number of anilines is 3. The molecule has 4 nitrogen and oxygen atoms in total. The third-order valence-corrected chi connectivity index (χ3v) is 11.9. The van der Waals surface area contributed by atoms with Crippen LogP contribution in [0.25, 0.3) is 88.4 Å². The molecule has 0 aliphatic rings. The van der Waals surface area contributed by atoms with Crippen molar-refractivity contribution in [3.05, 3.63) is 224 Å². The second-order valence-electron chi connectivity index (χ2n) is 15.4. The number of furan rings is 1. The topological polar surface area (TPSA) is 26.2 Å². The van der Waals surface area contributed by atoms with Crippen molar-refractivity contribution in [3.63, 3.8) is 0 Å². The molecule has 0 saturated carbocycles. The van der Waals surface area contributed by atoms with E-state index in [0.29, 0.717) is 0 Å². The largest absolute Gasteiger partial charge is 0.454 e. The van der Waals surface area contributed by atoms with E-state index in [-0.39, 0.29) is 0 Å². The molecule has 0 radical (unpaired) electrons. The molecule has 0 aliphatic heterocycles. The van der Waals surface area contributed by atoms with Gasteiger partial charge < -0.3 is 18.5 Å². The van der Waals surface area contributed by atoms with Crippen LogP contribution in [0.2, 0.25) is 0 Å². The number of para-hydroxylation sites is 4. The van der Waals surface area contributed by atoms with Gasteiger partial charge in [0, 0.05) is 50.0 Å². The van der Waals surface area contributed by atoms with Crippen LogP contribution >= 0.6 is 0 Å². The molecule has 12 aromatic rings. The van der Waals surface area contributed by atoms with Crippen LogP contribution < -0.4 is 4.90 Å². The van der Waals surface area contributed by atoms with Gasteiger partial charge in [-0.1, -0.05) is 127 Å². The molecule has 3 aromatic heterocycles. The molecule has 0 bridgehead atoms. The molecule has 0 unspecified atom stereocenters. The molecule has 0 saturated heterocycles. The van der Waals surface area contributed by atoms with Gasteiger partial charge in [-0.05, 0) is 119 Å². The van der Waals surface area contributed by atoms with Gasteiger partial charge in [-0.2, -0.15) is 0 Å². The third kappa shape index (κ3) is 5.46. The quantitative estimate of drug-likeness (QED) is 0.161. The zero-order chi connectivity index (χ0) is 39.6. The molecular weight excluding hydrogens is 731 g/mol. The Morgan fingerprint density at radius 2 is 0.767 bits per heavy atom. The molecule has 12 rings (SSSR count). The van der Waals surface area contributed by atoms with Crippen LogP contribution in [0.4, 0.5) is 17.1 Å². The first-order valence-corrected chi connectivity index (χ1v) is 20.4. The summed E-state index contributed by atoms with van der Waals surface area (Å²) in [5.41, 5.74) is 16.6. The van der Waals surface area contributed by atoms with Gasteiger partial charge in [0.25, 0.3) is 0 Å². The van der Waals surface area contributed by atoms with Gasteiger partial charge in [0.1, 0.15) is 11.1 Å². The van der Waals surface area contributed by atoms with E-state index in [9.17, 15) is 0 Å². The third-order valence-electron chi connectivity index (χ3n) is 11.9. The molecule has 9 aromatic carbocycles. The molecule has 3 heterocycles. The number of aromatic nitrogens is 2. The molecule has 0 amide bonds. The van der Waals surface area contributed by atoms with E-state index >= 15 is 0 Å². The fourth-order valence-electron chi connectivity index (χ4n) is 9.13. The summed E-state index contributed by atoms with van der Waals surface area (Å²) in [4.78, 5) is 2.34. The number of hydrogen-bond donors (Lipinski definition) is 0. The van der Waals surface area contributed by atoms with Crippen molar-refractivity contribution in [1.82, 2.24) is 9.13 Å². The van der Waals surface area contributed by atoms with E-state index in [0.717, 1.165) is 72.5 Å². The SMILES string of the molecule is c1ccc(-c2ccc(N(c3ccc(-c4ccc5c(c4)c4oc6ccccc6c4n5-c4ccccc4)cc3)c3ccc(-n4c5ccccc5c5ccccc54)cc3)cc2)cc1. The van der Waals surface area contributed by atoms with Crippen LogP contribution in [-0.4, -0.2) is 9.13 Å². The van der Waals surface area contributed by atoms with Gasteiger partial charge in [-0.25, -0.2) is 0 Å². The van der Waals surface area contributed by atoms with Gasteiger partial charge in [0.15, 0.2) is 5.58 Å². The molecule has 0 N–H and O–H groups in total. The van der Waals surface area contributed by atoms with Crippen LogP contribution in [0.5, 0.6) is 0 Å². The fraction of sp³-hybridized carbons (Fsp3) is 0. The average molecular weight is 768 g/mol. The fourth-order valence-corrected chi connectivity index (χ4v) is 9.13. The van der Waals surface area contributed by atoms with Crippen molar-refractivity contribution in [2.24, 2.45) is 0 Å². The minimum absolute atomic E-state index is 0.892. The number of rotatable bonds is 7. The van der Waals surface area contributed by atoms with E-state index in [2.05, 4.69) is 232 Å². The molecule has 282 valence electrons.